The van der Waals surface area contributed by atoms with Gasteiger partial charge in [-0.3, -0.25) is 4.79 Å². The molecule has 22 heavy (non-hydrogen) atoms. The predicted octanol–water partition coefficient (Wildman–Crippen LogP) is 0.876. The Morgan fingerprint density at radius 3 is 2.50 bits per heavy atom. The van der Waals surface area contributed by atoms with Crippen molar-refractivity contribution in [2.24, 2.45) is 5.41 Å². The largest absolute Gasteiger partial charge is 0.380 e. The molecule has 2 saturated heterocycles. The summed E-state index contributed by atoms with van der Waals surface area (Å²) in [7, 11) is -3.30. The van der Waals surface area contributed by atoms with Gasteiger partial charge < -0.3 is 9.64 Å². The Morgan fingerprint density at radius 2 is 1.91 bits per heavy atom. The van der Waals surface area contributed by atoms with Crippen LogP contribution in [0.3, 0.4) is 0 Å². The normalized spacial score (nSPS) is 31.2. The molecule has 7 heteroatoms. The summed E-state index contributed by atoms with van der Waals surface area (Å²) < 4.78 is 32.9. The molecule has 0 aromatic heterocycles. The maximum atomic E-state index is 12.5. The summed E-state index contributed by atoms with van der Waals surface area (Å²) in [5, 5.41) is -0.454. The van der Waals surface area contributed by atoms with Gasteiger partial charge >= 0.3 is 0 Å². The van der Waals surface area contributed by atoms with Crippen LogP contribution < -0.4 is 4.72 Å². The second kappa shape index (κ2) is 6.09. The van der Waals surface area contributed by atoms with E-state index >= 15 is 0 Å². The number of hydrogen-bond acceptors (Lipinski definition) is 4. The summed E-state index contributed by atoms with van der Waals surface area (Å²) >= 11 is 0. The molecular weight excluding hydrogens is 304 g/mol. The number of ether oxygens (including phenoxy) is 1. The number of rotatable bonds is 4. The van der Waals surface area contributed by atoms with Crippen LogP contribution in [0, 0.1) is 5.41 Å². The first-order valence-corrected chi connectivity index (χ1v) is 9.84. The number of amides is 1. The first-order valence-electron chi connectivity index (χ1n) is 8.29. The molecule has 0 radical (unpaired) electrons. The summed E-state index contributed by atoms with van der Waals surface area (Å²) in [5.74, 6) is 0.0412. The number of carbonyl (C=O) groups is 1. The molecule has 3 aliphatic rings. The average molecular weight is 330 g/mol. The van der Waals surface area contributed by atoms with E-state index in [9.17, 15) is 13.2 Å². The lowest BCUT2D eigenvalue weighted by molar-refractivity contribution is -0.152. The van der Waals surface area contributed by atoms with E-state index in [1.54, 1.807) is 4.90 Å². The van der Waals surface area contributed by atoms with E-state index in [2.05, 4.69) is 4.72 Å². The predicted molar refractivity (Wildman–Crippen MR) is 82.8 cm³/mol. The van der Waals surface area contributed by atoms with Gasteiger partial charge in [-0.05, 0) is 32.6 Å². The van der Waals surface area contributed by atoms with Gasteiger partial charge in [0.1, 0.15) is 5.25 Å². The lowest BCUT2D eigenvalue weighted by Gasteiger charge is -2.44. The fraction of sp³-hybridized carbons (Fsp3) is 0.933. The second-order valence-corrected chi connectivity index (χ2v) is 9.19. The fourth-order valence-corrected chi connectivity index (χ4v) is 5.30. The number of sulfonamides is 1. The van der Waals surface area contributed by atoms with Gasteiger partial charge in [0, 0.05) is 25.7 Å². The maximum Gasteiger partial charge on any atom is 0.230 e. The van der Waals surface area contributed by atoms with Gasteiger partial charge in [-0.15, -0.1) is 0 Å². The molecule has 0 aromatic rings. The van der Waals surface area contributed by atoms with Crippen LogP contribution in [0.5, 0.6) is 0 Å². The summed E-state index contributed by atoms with van der Waals surface area (Å²) in [6, 6.07) is 0.0963. The van der Waals surface area contributed by atoms with Crippen LogP contribution in [0.15, 0.2) is 0 Å². The number of carbonyl (C=O) groups excluding carboxylic acids is 1. The molecule has 3 fully saturated rings. The lowest BCUT2D eigenvalue weighted by Crippen LogP contribution is -2.63. The summed E-state index contributed by atoms with van der Waals surface area (Å²) in [5.41, 5.74) is -0.480. The number of nitrogens with one attached hydrogen (secondary N) is 1. The molecule has 3 rings (SSSR count). The Morgan fingerprint density at radius 1 is 1.23 bits per heavy atom. The smallest absolute Gasteiger partial charge is 0.230 e. The van der Waals surface area contributed by atoms with Crippen LogP contribution in [0.4, 0.5) is 0 Å². The van der Waals surface area contributed by atoms with Gasteiger partial charge in [0.05, 0.1) is 12.0 Å². The van der Waals surface area contributed by atoms with E-state index in [1.807, 2.05) is 6.92 Å². The molecule has 2 heterocycles. The highest BCUT2D eigenvalue weighted by Gasteiger charge is 2.46. The molecule has 0 spiro atoms. The van der Waals surface area contributed by atoms with Crippen molar-refractivity contribution in [1.29, 1.82) is 0 Å². The highest BCUT2D eigenvalue weighted by atomic mass is 32.2. The van der Waals surface area contributed by atoms with Gasteiger partial charge in [0.25, 0.3) is 0 Å². The first-order chi connectivity index (χ1) is 10.4. The minimum absolute atomic E-state index is 0.0412. The van der Waals surface area contributed by atoms with Crippen LogP contribution in [0.2, 0.25) is 0 Å². The molecule has 1 unspecified atom stereocenters. The molecule has 0 bridgehead atoms. The van der Waals surface area contributed by atoms with E-state index in [0.717, 1.165) is 38.5 Å². The van der Waals surface area contributed by atoms with E-state index in [0.29, 0.717) is 26.3 Å². The Kier molecular flexibility index (Phi) is 4.49. The number of hydrogen-bond donors (Lipinski definition) is 1. The molecule has 1 aliphatic carbocycles. The molecule has 6 nitrogen and oxygen atoms in total. The minimum atomic E-state index is -3.30. The third-order valence-corrected chi connectivity index (χ3v) is 7.05. The second-order valence-electron chi connectivity index (χ2n) is 7.19. The van der Waals surface area contributed by atoms with Crippen LogP contribution in [-0.4, -0.2) is 56.8 Å². The van der Waals surface area contributed by atoms with Crippen LogP contribution in [0.25, 0.3) is 0 Å². The van der Waals surface area contributed by atoms with Crippen LogP contribution in [-0.2, 0) is 19.6 Å². The highest BCUT2D eigenvalue weighted by Crippen LogP contribution is 2.33. The molecule has 126 valence electrons. The third-order valence-electron chi connectivity index (χ3n) is 5.21. The molecule has 0 aromatic carbocycles. The Hall–Kier alpha value is -0.660. The van der Waals surface area contributed by atoms with E-state index in [-0.39, 0.29) is 11.9 Å². The molecule has 1 amide bonds. The minimum Gasteiger partial charge on any atom is -0.380 e. The zero-order valence-electron chi connectivity index (χ0n) is 13.2. The quantitative estimate of drug-likeness (QED) is 0.830. The Bertz CT molecular complexity index is 516. The summed E-state index contributed by atoms with van der Waals surface area (Å²) in [6.07, 6.45) is 5.77. The van der Waals surface area contributed by atoms with Gasteiger partial charge in [-0.1, -0.05) is 12.8 Å². The zero-order chi connectivity index (χ0) is 15.8. The number of nitrogens with zero attached hydrogens (tertiary/aromatic N) is 1. The maximum absolute atomic E-state index is 12.5. The van der Waals surface area contributed by atoms with Crippen molar-refractivity contribution >= 4 is 15.9 Å². The summed E-state index contributed by atoms with van der Waals surface area (Å²) in [6.45, 7) is 3.71. The van der Waals surface area contributed by atoms with Crippen molar-refractivity contribution in [3.05, 3.63) is 0 Å². The van der Waals surface area contributed by atoms with Gasteiger partial charge in [-0.2, -0.15) is 0 Å². The molecule has 1 N–H and O–H groups in total. The summed E-state index contributed by atoms with van der Waals surface area (Å²) in [4.78, 5) is 14.2. The number of likely N-dealkylation sites (tertiary alicyclic amines) is 1. The molecule has 1 atom stereocenters. The van der Waals surface area contributed by atoms with Gasteiger partial charge in [0.2, 0.25) is 15.9 Å². The van der Waals surface area contributed by atoms with Gasteiger partial charge in [-0.25, -0.2) is 13.1 Å². The van der Waals surface area contributed by atoms with Crippen LogP contribution in [0.1, 0.15) is 45.4 Å². The van der Waals surface area contributed by atoms with Crippen molar-refractivity contribution < 1.29 is 17.9 Å². The third kappa shape index (κ3) is 3.16. The van der Waals surface area contributed by atoms with Crippen molar-refractivity contribution in [1.82, 2.24) is 9.62 Å². The van der Waals surface area contributed by atoms with Gasteiger partial charge in [0.15, 0.2) is 0 Å². The van der Waals surface area contributed by atoms with E-state index in [4.69, 9.17) is 4.74 Å². The zero-order valence-corrected chi connectivity index (χ0v) is 14.0. The monoisotopic (exact) mass is 330 g/mol. The SMILES string of the molecule is CC1(C(=O)N2CC(S(=O)(=O)NC3CCCC3)C2)CCCOC1. The highest BCUT2D eigenvalue weighted by molar-refractivity contribution is 7.90. The Balaban J connectivity index is 1.53. The Labute approximate surface area is 132 Å². The average Bonchev–Trinajstić information content (AvgIpc) is 2.89. The topological polar surface area (TPSA) is 75.7 Å². The van der Waals surface area contributed by atoms with Crippen molar-refractivity contribution in [3.63, 3.8) is 0 Å². The molecule has 1 saturated carbocycles. The molecular formula is C15H26N2O4S. The van der Waals surface area contributed by atoms with Crippen LogP contribution >= 0.6 is 0 Å². The molecule has 2 aliphatic heterocycles. The first kappa shape index (κ1) is 16.2. The van der Waals surface area contributed by atoms with Crippen molar-refractivity contribution in [2.75, 3.05) is 26.3 Å². The van der Waals surface area contributed by atoms with Crippen molar-refractivity contribution in [3.8, 4) is 0 Å². The standard InChI is InChI=1S/C15H26N2O4S/c1-15(7-4-8-21-11-15)14(18)17-9-13(10-17)22(19,20)16-12-5-2-3-6-12/h12-13,16H,2-11H2,1H3. The van der Waals surface area contributed by atoms with Crippen molar-refractivity contribution in [2.45, 2.75) is 56.7 Å². The van der Waals surface area contributed by atoms with E-state index < -0.39 is 20.7 Å². The lowest BCUT2D eigenvalue weighted by atomic mass is 9.82. The van der Waals surface area contributed by atoms with E-state index in [1.165, 1.54) is 0 Å². The fourth-order valence-electron chi connectivity index (χ4n) is 3.66.